The van der Waals surface area contributed by atoms with E-state index in [2.05, 4.69) is 38.4 Å². The minimum atomic E-state index is 0.730. The molecular formula is C20H21N5. The van der Waals surface area contributed by atoms with Crippen LogP contribution in [-0.4, -0.2) is 28.3 Å². The molecule has 2 aromatic carbocycles. The summed E-state index contributed by atoms with van der Waals surface area (Å²) in [5.41, 5.74) is 2.95. The molecule has 2 heterocycles. The van der Waals surface area contributed by atoms with E-state index in [-0.39, 0.29) is 0 Å². The van der Waals surface area contributed by atoms with E-state index in [0.29, 0.717) is 0 Å². The first-order valence-corrected chi connectivity index (χ1v) is 8.80. The Morgan fingerprint density at radius 2 is 1.84 bits per heavy atom. The lowest BCUT2D eigenvalue weighted by Crippen LogP contribution is -2.42. The predicted molar refractivity (Wildman–Crippen MR) is 98.9 cm³/mol. The van der Waals surface area contributed by atoms with E-state index in [1.165, 1.54) is 24.9 Å². The highest BCUT2D eigenvalue weighted by molar-refractivity contribution is 5.97. The monoisotopic (exact) mass is 331 g/mol. The van der Waals surface area contributed by atoms with Crippen LogP contribution in [0.2, 0.25) is 0 Å². The van der Waals surface area contributed by atoms with Gasteiger partial charge in [0.2, 0.25) is 0 Å². The maximum atomic E-state index is 9.42. The highest BCUT2D eigenvalue weighted by Gasteiger charge is 2.22. The van der Waals surface area contributed by atoms with Gasteiger partial charge in [0, 0.05) is 30.1 Å². The summed E-state index contributed by atoms with van der Waals surface area (Å²) in [4.78, 5) is 0. The van der Waals surface area contributed by atoms with Crippen LogP contribution in [0.15, 0.2) is 48.7 Å². The van der Waals surface area contributed by atoms with Gasteiger partial charge in [0.1, 0.15) is 0 Å². The van der Waals surface area contributed by atoms with Crippen molar-refractivity contribution < 1.29 is 0 Å². The number of fused-ring (bicyclic) bond motifs is 1. The minimum absolute atomic E-state index is 0.730. The maximum absolute atomic E-state index is 9.42. The summed E-state index contributed by atoms with van der Waals surface area (Å²) in [6, 6.07) is 16.6. The van der Waals surface area contributed by atoms with Gasteiger partial charge >= 0.3 is 0 Å². The summed E-state index contributed by atoms with van der Waals surface area (Å²) < 4.78 is 0. The molecule has 1 saturated heterocycles. The quantitative estimate of drug-likeness (QED) is 0.792. The van der Waals surface area contributed by atoms with E-state index in [1.807, 2.05) is 36.5 Å². The van der Waals surface area contributed by atoms with Crippen molar-refractivity contribution in [1.82, 2.24) is 15.2 Å². The van der Waals surface area contributed by atoms with E-state index in [9.17, 15) is 5.26 Å². The molecule has 1 fully saturated rings. The number of nitrogens with zero attached hydrogens (tertiary/aromatic N) is 4. The Kier molecular flexibility index (Phi) is 4.36. The lowest BCUT2D eigenvalue weighted by molar-refractivity contribution is 0.250. The van der Waals surface area contributed by atoms with Crippen molar-refractivity contribution in [3.05, 3.63) is 59.9 Å². The van der Waals surface area contributed by atoms with Crippen molar-refractivity contribution in [2.75, 3.05) is 18.1 Å². The Morgan fingerprint density at radius 1 is 1.00 bits per heavy atom. The number of anilines is 1. The topological polar surface area (TPSA) is 59.0 Å². The van der Waals surface area contributed by atoms with E-state index in [1.54, 1.807) is 0 Å². The van der Waals surface area contributed by atoms with Crippen molar-refractivity contribution in [2.24, 2.45) is 0 Å². The number of H-pyrrole nitrogens is 1. The second kappa shape index (κ2) is 6.96. The zero-order valence-corrected chi connectivity index (χ0v) is 14.2. The van der Waals surface area contributed by atoms with Crippen molar-refractivity contribution in [1.29, 1.82) is 5.26 Å². The number of hydrazine groups is 1. The third-order valence-corrected chi connectivity index (χ3v) is 4.83. The number of benzene rings is 2. The number of hydrogen-bond donors (Lipinski definition) is 1. The molecule has 0 bridgehead atoms. The fourth-order valence-electron chi connectivity index (χ4n) is 3.60. The van der Waals surface area contributed by atoms with E-state index in [0.717, 1.165) is 41.7 Å². The van der Waals surface area contributed by atoms with Crippen LogP contribution >= 0.6 is 0 Å². The summed E-state index contributed by atoms with van der Waals surface area (Å²) in [6.07, 6.45) is 5.47. The van der Waals surface area contributed by atoms with Crippen LogP contribution in [0, 0.1) is 11.3 Å². The van der Waals surface area contributed by atoms with Crippen LogP contribution in [0.3, 0.4) is 0 Å². The van der Waals surface area contributed by atoms with Crippen LogP contribution in [0.25, 0.3) is 10.8 Å². The Bertz CT molecular complexity index is 894. The number of aromatic nitrogens is 2. The van der Waals surface area contributed by atoms with Crippen LogP contribution in [0.5, 0.6) is 0 Å². The van der Waals surface area contributed by atoms with Gasteiger partial charge in [-0.25, -0.2) is 5.01 Å². The third-order valence-electron chi connectivity index (χ3n) is 4.83. The van der Waals surface area contributed by atoms with Crippen LogP contribution in [-0.2, 0) is 6.54 Å². The van der Waals surface area contributed by atoms with Gasteiger partial charge in [-0.05, 0) is 31.0 Å². The summed E-state index contributed by atoms with van der Waals surface area (Å²) in [5.74, 6) is 0. The van der Waals surface area contributed by atoms with Crippen molar-refractivity contribution in [3.8, 4) is 6.07 Å². The Balaban J connectivity index is 1.77. The average molecular weight is 331 g/mol. The lowest BCUT2D eigenvalue weighted by atomic mass is 10.0. The van der Waals surface area contributed by atoms with Crippen molar-refractivity contribution in [2.45, 2.75) is 25.8 Å². The normalized spacial score (nSPS) is 15.9. The molecule has 1 N–H and O–H groups in total. The highest BCUT2D eigenvalue weighted by atomic mass is 15.6. The Labute approximate surface area is 147 Å². The van der Waals surface area contributed by atoms with E-state index in [4.69, 9.17) is 0 Å². The Morgan fingerprint density at radius 3 is 2.64 bits per heavy atom. The minimum Gasteiger partial charge on any atom is -0.305 e. The smallest absolute Gasteiger partial charge is 0.0998 e. The van der Waals surface area contributed by atoms with E-state index >= 15 is 0 Å². The van der Waals surface area contributed by atoms with Gasteiger partial charge in [0.25, 0.3) is 0 Å². The molecular weight excluding hydrogens is 310 g/mol. The first-order chi connectivity index (χ1) is 12.4. The lowest BCUT2D eigenvalue weighted by Gasteiger charge is -2.35. The van der Waals surface area contributed by atoms with Crippen molar-refractivity contribution >= 4 is 16.5 Å². The number of nitrogens with one attached hydrogen (secondary N) is 1. The summed E-state index contributed by atoms with van der Waals surface area (Å²) >= 11 is 0. The van der Waals surface area contributed by atoms with Gasteiger partial charge in [0.15, 0.2) is 0 Å². The molecule has 3 aromatic rings. The molecule has 0 saturated carbocycles. The average Bonchev–Trinajstić information content (AvgIpc) is 3.06. The first kappa shape index (κ1) is 15.7. The molecule has 5 nitrogen and oxygen atoms in total. The fraction of sp³-hybridized carbons (Fsp3) is 0.300. The molecule has 126 valence electrons. The maximum Gasteiger partial charge on any atom is 0.0998 e. The summed E-state index contributed by atoms with van der Waals surface area (Å²) in [6.45, 7) is 2.79. The molecule has 5 heteroatoms. The summed E-state index contributed by atoms with van der Waals surface area (Å²) in [7, 11) is 0. The van der Waals surface area contributed by atoms with Gasteiger partial charge in [-0.2, -0.15) is 10.4 Å². The van der Waals surface area contributed by atoms with Crippen molar-refractivity contribution in [3.63, 3.8) is 0 Å². The second-order valence-electron chi connectivity index (χ2n) is 6.43. The largest absolute Gasteiger partial charge is 0.305 e. The van der Waals surface area contributed by atoms with Gasteiger partial charge in [-0.3, -0.25) is 5.10 Å². The molecule has 1 aromatic heterocycles. The summed E-state index contributed by atoms with van der Waals surface area (Å²) in [5, 5.41) is 23.6. The molecule has 4 rings (SSSR count). The van der Waals surface area contributed by atoms with Gasteiger partial charge in [-0.15, -0.1) is 0 Å². The van der Waals surface area contributed by atoms with E-state index < -0.39 is 0 Å². The van der Waals surface area contributed by atoms with Gasteiger partial charge in [-0.1, -0.05) is 30.7 Å². The zero-order chi connectivity index (χ0) is 17.1. The number of rotatable bonds is 3. The van der Waals surface area contributed by atoms with Gasteiger partial charge < -0.3 is 5.01 Å². The molecule has 0 unspecified atom stereocenters. The molecule has 0 aliphatic carbocycles. The van der Waals surface area contributed by atoms with Crippen LogP contribution in [0.4, 0.5) is 5.69 Å². The zero-order valence-electron chi connectivity index (χ0n) is 14.2. The third kappa shape index (κ3) is 3.09. The molecule has 1 aliphatic heterocycles. The Hall–Kier alpha value is -2.84. The molecule has 25 heavy (non-hydrogen) atoms. The number of nitriles is 1. The van der Waals surface area contributed by atoms with Crippen LogP contribution in [0.1, 0.15) is 30.5 Å². The first-order valence-electron chi connectivity index (χ1n) is 8.80. The van der Waals surface area contributed by atoms with Gasteiger partial charge in [0.05, 0.1) is 29.6 Å². The molecule has 0 radical (unpaired) electrons. The SMILES string of the molecule is N#Cc1ccc(N2CCCCCN2Cc2cc[nH]n2)c2ccccc12. The molecule has 1 aliphatic rings. The molecule has 0 atom stereocenters. The number of aromatic amines is 1. The standard InChI is InChI=1S/C20H21N5/c21-14-16-8-9-20(19-7-3-2-6-18(16)19)25-13-5-1-4-12-24(25)15-17-10-11-22-23-17/h2-3,6-11H,1,4-5,12-13,15H2,(H,22,23). The molecule has 0 spiro atoms. The number of hydrogen-bond acceptors (Lipinski definition) is 4. The molecule has 0 amide bonds. The fourth-order valence-corrected chi connectivity index (χ4v) is 3.60. The highest BCUT2D eigenvalue weighted by Crippen LogP contribution is 2.32. The second-order valence-corrected chi connectivity index (χ2v) is 6.43. The predicted octanol–water partition coefficient (Wildman–Crippen LogP) is 3.84. The van der Waals surface area contributed by atoms with Crippen LogP contribution < -0.4 is 5.01 Å².